The number of carbonyl (C=O) groups is 1. The number of hydrogen-bond acceptors (Lipinski definition) is 3. The zero-order valence-corrected chi connectivity index (χ0v) is 10.8. The van der Waals surface area contributed by atoms with Crippen LogP contribution >= 0.6 is 0 Å². The molecule has 4 heteroatoms. The van der Waals surface area contributed by atoms with E-state index in [1.165, 1.54) is 0 Å². The van der Waals surface area contributed by atoms with E-state index in [9.17, 15) is 9.18 Å². The third-order valence-corrected chi connectivity index (χ3v) is 2.60. The largest absolute Gasteiger partial charge is 0.497 e. The summed E-state index contributed by atoms with van der Waals surface area (Å²) < 4.78 is 23.0. The van der Waals surface area contributed by atoms with Crippen molar-refractivity contribution in [2.75, 3.05) is 13.7 Å². The molecule has 1 unspecified atom stereocenters. The van der Waals surface area contributed by atoms with E-state index in [0.29, 0.717) is 6.42 Å². The minimum atomic E-state index is -1.52. The highest BCUT2D eigenvalue weighted by Crippen LogP contribution is 2.15. The van der Waals surface area contributed by atoms with E-state index >= 15 is 0 Å². The number of ether oxygens (including phenoxy) is 2. The highest BCUT2D eigenvalue weighted by atomic mass is 19.1. The molecule has 0 radical (unpaired) electrons. The molecule has 1 aromatic rings. The molecule has 0 N–H and O–H groups in total. The molecule has 1 rings (SSSR count). The van der Waals surface area contributed by atoms with E-state index < -0.39 is 12.1 Å². The number of aryl methyl sites for hydroxylation is 1. The van der Waals surface area contributed by atoms with Crippen LogP contribution in [0.4, 0.5) is 4.39 Å². The normalized spacial score (nSPS) is 11.9. The molecule has 0 amide bonds. The quantitative estimate of drug-likeness (QED) is 0.702. The van der Waals surface area contributed by atoms with Crippen molar-refractivity contribution in [3.05, 3.63) is 29.8 Å². The summed E-state index contributed by atoms with van der Waals surface area (Å²) in [5.41, 5.74) is 1.07. The van der Waals surface area contributed by atoms with Gasteiger partial charge in [-0.25, -0.2) is 9.18 Å². The van der Waals surface area contributed by atoms with Gasteiger partial charge in [0.1, 0.15) is 5.75 Å². The summed E-state index contributed by atoms with van der Waals surface area (Å²) in [5, 5.41) is 0. The Morgan fingerprint density at radius 3 is 2.89 bits per heavy atom. The number of halogens is 1. The lowest BCUT2D eigenvalue weighted by atomic mass is 10.1. The number of alkyl halides is 1. The Kier molecular flexibility index (Phi) is 6.19. The summed E-state index contributed by atoms with van der Waals surface area (Å²) >= 11 is 0. The van der Waals surface area contributed by atoms with Crippen molar-refractivity contribution in [2.45, 2.75) is 32.4 Å². The van der Waals surface area contributed by atoms with E-state index in [0.717, 1.165) is 17.7 Å². The Bertz CT molecular complexity index is 379. The van der Waals surface area contributed by atoms with Crippen LogP contribution < -0.4 is 4.74 Å². The molecule has 0 saturated carbocycles. The average Bonchev–Trinajstić information content (AvgIpc) is 2.39. The minimum absolute atomic E-state index is 0.191. The van der Waals surface area contributed by atoms with E-state index in [1.54, 1.807) is 14.0 Å². The average molecular weight is 254 g/mol. The standard InChI is InChI=1S/C14H19FO3/c1-3-18-14(16)13(15)9-5-7-11-6-4-8-12(10-11)17-2/h4,6,8,10,13H,3,5,7,9H2,1-2H3. The van der Waals surface area contributed by atoms with Gasteiger partial charge in [-0.05, 0) is 43.9 Å². The highest BCUT2D eigenvalue weighted by Gasteiger charge is 2.17. The van der Waals surface area contributed by atoms with Crippen LogP contribution in [0.25, 0.3) is 0 Å². The van der Waals surface area contributed by atoms with Gasteiger partial charge in [0.25, 0.3) is 0 Å². The van der Waals surface area contributed by atoms with E-state index in [1.807, 2.05) is 24.3 Å². The maximum Gasteiger partial charge on any atom is 0.340 e. The van der Waals surface area contributed by atoms with E-state index in [2.05, 4.69) is 4.74 Å². The predicted molar refractivity (Wildman–Crippen MR) is 67.5 cm³/mol. The fraction of sp³-hybridized carbons (Fsp3) is 0.500. The van der Waals surface area contributed by atoms with Gasteiger partial charge >= 0.3 is 5.97 Å². The van der Waals surface area contributed by atoms with Gasteiger partial charge in [0, 0.05) is 0 Å². The minimum Gasteiger partial charge on any atom is -0.497 e. The van der Waals surface area contributed by atoms with Crippen LogP contribution in [-0.2, 0) is 16.0 Å². The Labute approximate surface area is 107 Å². The zero-order chi connectivity index (χ0) is 13.4. The van der Waals surface area contributed by atoms with Crippen LogP contribution in [0.3, 0.4) is 0 Å². The van der Waals surface area contributed by atoms with Crippen LogP contribution in [0, 0.1) is 0 Å². The van der Waals surface area contributed by atoms with Crippen molar-refractivity contribution in [3.8, 4) is 5.75 Å². The summed E-state index contributed by atoms with van der Waals surface area (Å²) in [6, 6.07) is 7.63. The van der Waals surface area contributed by atoms with Gasteiger partial charge in [0.2, 0.25) is 0 Å². The summed E-state index contributed by atoms with van der Waals surface area (Å²) in [6.45, 7) is 1.88. The molecule has 100 valence electrons. The predicted octanol–water partition coefficient (Wildman–Crippen LogP) is 2.92. The lowest BCUT2D eigenvalue weighted by Gasteiger charge is -2.08. The first-order valence-electron chi connectivity index (χ1n) is 6.11. The van der Waals surface area contributed by atoms with E-state index in [-0.39, 0.29) is 13.0 Å². The number of carbonyl (C=O) groups excluding carboxylic acids is 1. The molecule has 0 bridgehead atoms. The Balaban J connectivity index is 2.34. The summed E-state index contributed by atoms with van der Waals surface area (Å²) in [6.07, 6.45) is -0.00390. The summed E-state index contributed by atoms with van der Waals surface area (Å²) in [5.74, 6) is 0.0258. The second-order valence-corrected chi connectivity index (χ2v) is 3.96. The number of methoxy groups -OCH3 is 1. The number of esters is 1. The van der Waals surface area contributed by atoms with Gasteiger partial charge in [-0.3, -0.25) is 0 Å². The summed E-state index contributed by atoms with van der Waals surface area (Å²) in [4.78, 5) is 11.1. The third-order valence-electron chi connectivity index (χ3n) is 2.60. The van der Waals surface area contributed by atoms with E-state index in [4.69, 9.17) is 4.74 Å². The van der Waals surface area contributed by atoms with Gasteiger partial charge in [-0.15, -0.1) is 0 Å². The molecule has 1 atom stereocenters. The van der Waals surface area contributed by atoms with Gasteiger partial charge in [0.05, 0.1) is 13.7 Å². The summed E-state index contributed by atoms with van der Waals surface area (Å²) in [7, 11) is 1.61. The van der Waals surface area contributed by atoms with Crippen LogP contribution in [0.5, 0.6) is 5.75 Å². The second kappa shape index (κ2) is 7.69. The van der Waals surface area contributed by atoms with Crippen molar-refractivity contribution in [1.29, 1.82) is 0 Å². The zero-order valence-electron chi connectivity index (χ0n) is 10.8. The van der Waals surface area contributed by atoms with Crippen LogP contribution in [0.1, 0.15) is 25.3 Å². The molecule has 1 aromatic carbocycles. The number of benzene rings is 1. The monoisotopic (exact) mass is 254 g/mol. The molecule has 3 nitrogen and oxygen atoms in total. The maximum absolute atomic E-state index is 13.3. The SMILES string of the molecule is CCOC(=O)C(F)CCCc1cccc(OC)c1. The molecular weight excluding hydrogens is 235 g/mol. The van der Waals surface area contributed by atoms with Crippen molar-refractivity contribution >= 4 is 5.97 Å². The first-order valence-corrected chi connectivity index (χ1v) is 6.11. The lowest BCUT2D eigenvalue weighted by Crippen LogP contribution is -2.18. The number of rotatable bonds is 7. The Hall–Kier alpha value is -1.58. The molecule has 0 heterocycles. The van der Waals surface area contributed by atoms with Gasteiger partial charge < -0.3 is 9.47 Å². The van der Waals surface area contributed by atoms with Gasteiger partial charge in [-0.2, -0.15) is 0 Å². The van der Waals surface area contributed by atoms with Crippen LogP contribution in [0.15, 0.2) is 24.3 Å². The lowest BCUT2D eigenvalue weighted by molar-refractivity contribution is -0.149. The fourth-order valence-electron chi connectivity index (χ4n) is 1.66. The topological polar surface area (TPSA) is 35.5 Å². The smallest absolute Gasteiger partial charge is 0.340 e. The Morgan fingerprint density at radius 2 is 2.22 bits per heavy atom. The molecule has 0 saturated heterocycles. The highest BCUT2D eigenvalue weighted by molar-refractivity contribution is 5.74. The van der Waals surface area contributed by atoms with Crippen LogP contribution in [0.2, 0.25) is 0 Å². The van der Waals surface area contributed by atoms with Gasteiger partial charge in [-0.1, -0.05) is 12.1 Å². The molecule has 0 aromatic heterocycles. The first-order chi connectivity index (χ1) is 8.67. The maximum atomic E-state index is 13.3. The second-order valence-electron chi connectivity index (χ2n) is 3.96. The molecule has 0 aliphatic heterocycles. The first kappa shape index (κ1) is 14.5. The third kappa shape index (κ3) is 4.73. The molecule has 0 aliphatic rings. The fourth-order valence-corrected chi connectivity index (χ4v) is 1.66. The van der Waals surface area contributed by atoms with Crippen molar-refractivity contribution < 1.29 is 18.7 Å². The molecule has 0 spiro atoms. The molecule has 18 heavy (non-hydrogen) atoms. The van der Waals surface area contributed by atoms with Crippen LogP contribution in [-0.4, -0.2) is 25.9 Å². The van der Waals surface area contributed by atoms with Gasteiger partial charge in [0.15, 0.2) is 6.17 Å². The van der Waals surface area contributed by atoms with Crippen molar-refractivity contribution in [3.63, 3.8) is 0 Å². The van der Waals surface area contributed by atoms with Crippen molar-refractivity contribution in [2.24, 2.45) is 0 Å². The molecule has 0 aliphatic carbocycles. The number of hydrogen-bond donors (Lipinski definition) is 0. The van der Waals surface area contributed by atoms with Crippen molar-refractivity contribution in [1.82, 2.24) is 0 Å². The Morgan fingerprint density at radius 1 is 1.44 bits per heavy atom. The molecule has 0 fully saturated rings. The molecular formula is C14H19FO3.